The first-order valence-electron chi connectivity index (χ1n) is 6.87. The van der Waals surface area contributed by atoms with Gasteiger partial charge in [-0.1, -0.05) is 12.1 Å². The van der Waals surface area contributed by atoms with E-state index in [9.17, 15) is 0 Å². The predicted octanol–water partition coefficient (Wildman–Crippen LogP) is 3.14. The summed E-state index contributed by atoms with van der Waals surface area (Å²) in [6, 6.07) is 6.64. The largest absolute Gasteiger partial charge is 0.396 e. The van der Waals surface area contributed by atoms with E-state index in [1.54, 1.807) is 5.56 Å². The fourth-order valence-electron chi connectivity index (χ4n) is 2.58. The highest BCUT2D eigenvalue weighted by Gasteiger charge is 2.11. The number of benzene rings is 1. The number of aryl methyl sites for hydroxylation is 1. The van der Waals surface area contributed by atoms with Gasteiger partial charge in [0.05, 0.1) is 0 Å². The molecule has 0 saturated heterocycles. The summed E-state index contributed by atoms with van der Waals surface area (Å²) < 4.78 is 0. The number of nitrogens with one attached hydrogen (secondary N) is 1. The first-order valence-corrected chi connectivity index (χ1v) is 6.87. The fourth-order valence-corrected chi connectivity index (χ4v) is 2.58. The van der Waals surface area contributed by atoms with Crippen LogP contribution in [0, 0.1) is 0 Å². The number of anilines is 1. The molecule has 0 bridgehead atoms. The molecular weight excluding hydrogens is 210 g/mol. The Morgan fingerprint density at radius 3 is 2.82 bits per heavy atom. The molecule has 0 radical (unpaired) electrons. The standard InChI is InChI=1S/C15H23NO/c17-12-5-1-4-11-16-15-10-6-8-13-7-2-3-9-14(13)15/h6,8,10,16-17H,1-5,7,9,11-12H2. The highest BCUT2D eigenvalue weighted by molar-refractivity contribution is 5.55. The molecule has 0 atom stereocenters. The van der Waals surface area contributed by atoms with Crippen molar-refractivity contribution in [2.75, 3.05) is 18.5 Å². The van der Waals surface area contributed by atoms with E-state index in [2.05, 4.69) is 23.5 Å². The summed E-state index contributed by atoms with van der Waals surface area (Å²) in [5.74, 6) is 0. The Labute approximate surface area is 104 Å². The van der Waals surface area contributed by atoms with Crippen LogP contribution in [0.5, 0.6) is 0 Å². The lowest BCUT2D eigenvalue weighted by atomic mass is 9.90. The second-order valence-electron chi connectivity index (χ2n) is 4.86. The zero-order valence-electron chi connectivity index (χ0n) is 10.5. The Hall–Kier alpha value is -1.02. The molecule has 1 aromatic rings. The van der Waals surface area contributed by atoms with Gasteiger partial charge in [0.1, 0.15) is 0 Å². The molecule has 0 saturated carbocycles. The van der Waals surface area contributed by atoms with Crippen molar-refractivity contribution < 1.29 is 5.11 Å². The van der Waals surface area contributed by atoms with Crippen molar-refractivity contribution in [3.05, 3.63) is 29.3 Å². The van der Waals surface area contributed by atoms with Gasteiger partial charge >= 0.3 is 0 Å². The van der Waals surface area contributed by atoms with Crippen molar-refractivity contribution in [1.29, 1.82) is 0 Å². The molecule has 0 spiro atoms. The first kappa shape index (κ1) is 12.4. The molecule has 1 aliphatic rings. The lowest BCUT2D eigenvalue weighted by molar-refractivity contribution is 0.283. The van der Waals surface area contributed by atoms with Gasteiger partial charge in [-0.2, -0.15) is 0 Å². The molecule has 0 unspecified atom stereocenters. The molecular formula is C15H23NO. The molecule has 1 aromatic carbocycles. The SMILES string of the molecule is OCCCCCNc1cccc2c1CCCC2. The Morgan fingerprint density at radius 2 is 1.94 bits per heavy atom. The zero-order chi connectivity index (χ0) is 11.9. The molecule has 2 N–H and O–H groups in total. The fraction of sp³-hybridized carbons (Fsp3) is 0.600. The quantitative estimate of drug-likeness (QED) is 0.740. The van der Waals surface area contributed by atoms with E-state index in [0.717, 1.165) is 25.8 Å². The third kappa shape index (κ3) is 3.47. The van der Waals surface area contributed by atoms with Gasteiger partial charge in [0.15, 0.2) is 0 Å². The monoisotopic (exact) mass is 233 g/mol. The van der Waals surface area contributed by atoms with Gasteiger partial charge < -0.3 is 10.4 Å². The normalized spacial score (nSPS) is 14.4. The lowest BCUT2D eigenvalue weighted by Crippen LogP contribution is -2.09. The van der Waals surface area contributed by atoms with Gasteiger partial charge in [-0.25, -0.2) is 0 Å². The summed E-state index contributed by atoms with van der Waals surface area (Å²) >= 11 is 0. The van der Waals surface area contributed by atoms with Crippen LogP contribution in [0.2, 0.25) is 0 Å². The van der Waals surface area contributed by atoms with Crippen molar-refractivity contribution in [3.63, 3.8) is 0 Å². The third-order valence-corrected chi connectivity index (χ3v) is 3.55. The van der Waals surface area contributed by atoms with Crippen LogP contribution in [-0.2, 0) is 12.8 Å². The molecule has 0 fully saturated rings. The molecule has 2 nitrogen and oxygen atoms in total. The first-order chi connectivity index (χ1) is 8.42. The Kier molecular flexibility index (Phi) is 4.87. The molecule has 94 valence electrons. The number of aliphatic hydroxyl groups excluding tert-OH is 1. The number of hydrogen-bond acceptors (Lipinski definition) is 2. The van der Waals surface area contributed by atoms with Crippen LogP contribution >= 0.6 is 0 Å². The van der Waals surface area contributed by atoms with Gasteiger partial charge in [-0.3, -0.25) is 0 Å². The number of hydrogen-bond donors (Lipinski definition) is 2. The van der Waals surface area contributed by atoms with E-state index in [4.69, 9.17) is 5.11 Å². The molecule has 0 amide bonds. The Bertz CT molecular complexity index is 349. The van der Waals surface area contributed by atoms with Gasteiger partial charge in [-0.15, -0.1) is 0 Å². The van der Waals surface area contributed by atoms with Crippen molar-refractivity contribution in [1.82, 2.24) is 0 Å². The van der Waals surface area contributed by atoms with Crippen molar-refractivity contribution in [2.45, 2.75) is 44.9 Å². The summed E-state index contributed by atoms with van der Waals surface area (Å²) in [6.07, 6.45) is 8.32. The Balaban J connectivity index is 1.87. The summed E-state index contributed by atoms with van der Waals surface area (Å²) in [6.45, 7) is 1.34. The van der Waals surface area contributed by atoms with Gasteiger partial charge in [0.25, 0.3) is 0 Å². The summed E-state index contributed by atoms with van der Waals surface area (Å²) in [4.78, 5) is 0. The minimum atomic E-state index is 0.320. The molecule has 1 aliphatic carbocycles. The van der Waals surface area contributed by atoms with E-state index in [1.165, 1.54) is 36.9 Å². The highest BCUT2D eigenvalue weighted by atomic mass is 16.2. The summed E-state index contributed by atoms with van der Waals surface area (Å²) in [7, 11) is 0. The summed E-state index contributed by atoms with van der Waals surface area (Å²) in [5.41, 5.74) is 4.42. The van der Waals surface area contributed by atoms with Gasteiger partial charge in [0.2, 0.25) is 0 Å². The van der Waals surface area contributed by atoms with Crippen LogP contribution in [0.1, 0.15) is 43.2 Å². The molecule has 0 heterocycles. The molecule has 0 aromatic heterocycles. The Morgan fingerprint density at radius 1 is 1.06 bits per heavy atom. The van der Waals surface area contributed by atoms with Gasteiger partial charge in [0, 0.05) is 18.8 Å². The highest BCUT2D eigenvalue weighted by Crippen LogP contribution is 2.27. The maximum absolute atomic E-state index is 8.72. The molecule has 17 heavy (non-hydrogen) atoms. The van der Waals surface area contributed by atoms with Crippen LogP contribution in [-0.4, -0.2) is 18.3 Å². The number of fused-ring (bicyclic) bond motifs is 1. The van der Waals surface area contributed by atoms with Crippen molar-refractivity contribution in [2.24, 2.45) is 0 Å². The van der Waals surface area contributed by atoms with Crippen LogP contribution in [0.3, 0.4) is 0 Å². The number of unbranched alkanes of at least 4 members (excludes halogenated alkanes) is 2. The van der Waals surface area contributed by atoms with E-state index in [1.807, 2.05) is 0 Å². The van der Waals surface area contributed by atoms with E-state index in [0.29, 0.717) is 6.61 Å². The van der Waals surface area contributed by atoms with Crippen LogP contribution in [0.4, 0.5) is 5.69 Å². The maximum Gasteiger partial charge on any atom is 0.0431 e. The minimum absolute atomic E-state index is 0.320. The third-order valence-electron chi connectivity index (χ3n) is 3.55. The van der Waals surface area contributed by atoms with Crippen LogP contribution < -0.4 is 5.32 Å². The summed E-state index contributed by atoms with van der Waals surface area (Å²) in [5, 5.41) is 12.3. The van der Waals surface area contributed by atoms with Crippen molar-refractivity contribution in [3.8, 4) is 0 Å². The lowest BCUT2D eigenvalue weighted by Gasteiger charge is -2.20. The zero-order valence-corrected chi connectivity index (χ0v) is 10.5. The smallest absolute Gasteiger partial charge is 0.0431 e. The average molecular weight is 233 g/mol. The molecule has 2 heteroatoms. The predicted molar refractivity (Wildman–Crippen MR) is 72.5 cm³/mol. The average Bonchev–Trinajstić information content (AvgIpc) is 2.39. The van der Waals surface area contributed by atoms with Crippen molar-refractivity contribution >= 4 is 5.69 Å². The molecule has 0 aliphatic heterocycles. The number of rotatable bonds is 6. The van der Waals surface area contributed by atoms with E-state index < -0.39 is 0 Å². The van der Waals surface area contributed by atoms with E-state index in [-0.39, 0.29) is 0 Å². The van der Waals surface area contributed by atoms with Crippen LogP contribution in [0.25, 0.3) is 0 Å². The topological polar surface area (TPSA) is 32.3 Å². The second kappa shape index (κ2) is 6.65. The maximum atomic E-state index is 8.72. The molecule has 2 rings (SSSR count). The van der Waals surface area contributed by atoms with Gasteiger partial charge in [-0.05, 0) is 62.1 Å². The second-order valence-corrected chi connectivity index (χ2v) is 4.86. The van der Waals surface area contributed by atoms with E-state index >= 15 is 0 Å². The number of aliphatic hydroxyl groups is 1. The van der Waals surface area contributed by atoms with Crippen LogP contribution in [0.15, 0.2) is 18.2 Å². The minimum Gasteiger partial charge on any atom is -0.396 e.